The predicted octanol–water partition coefficient (Wildman–Crippen LogP) is 1.68. The van der Waals surface area contributed by atoms with Gasteiger partial charge in [0.25, 0.3) is 0 Å². The van der Waals surface area contributed by atoms with Crippen molar-refractivity contribution in [3.05, 3.63) is 17.0 Å². The average Bonchev–Trinajstić information content (AvgIpc) is 3.24. The first kappa shape index (κ1) is 21.4. The van der Waals surface area contributed by atoms with Crippen LogP contribution in [0.3, 0.4) is 0 Å². The molecule has 2 fully saturated rings. The molecule has 0 saturated carbocycles. The number of nitrogens with zero attached hydrogens (tertiary/aromatic N) is 4. The van der Waals surface area contributed by atoms with Crippen LogP contribution < -0.4 is 5.32 Å². The first-order chi connectivity index (χ1) is 12.2. The lowest BCUT2D eigenvalue weighted by Crippen LogP contribution is -2.53. The Bertz CT molecular complexity index is 559. The minimum Gasteiger partial charge on any atom is -0.381 e. The Morgan fingerprint density at radius 2 is 2.04 bits per heavy atom. The summed E-state index contributed by atoms with van der Waals surface area (Å²) in [5.41, 5.74) is 2.19. The first-order valence-electron chi connectivity index (χ1n) is 9.35. The molecule has 0 bridgehead atoms. The van der Waals surface area contributed by atoms with Crippen LogP contribution in [0.5, 0.6) is 0 Å². The second kappa shape index (κ2) is 10.5. The highest BCUT2D eigenvalue weighted by atomic mass is 127. The van der Waals surface area contributed by atoms with Crippen LogP contribution in [0, 0.1) is 19.8 Å². The number of hydrogen-bond acceptors (Lipinski definition) is 5. The lowest BCUT2D eigenvalue weighted by atomic mass is 10.1. The summed E-state index contributed by atoms with van der Waals surface area (Å²) in [4.78, 5) is 9.38. The SMILES string of the molecule is CN=C(NCCc1c(C)noc1C)N1CCN(CC2CCOC2)CC1.I. The van der Waals surface area contributed by atoms with Gasteiger partial charge in [-0.25, -0.2) is 0 Å². The summed E-state index contributed by atoms with van der Waals surface area (Å²) in [5.74, 6) is 2.63. The van der Waals surface area contributed by atoms with E-state index in [1.807, 2.05) is 20.9 Å². The monoisotopic (exact) mass is 477 g/mol. The zero-order valence-electron chi connectivity index (χ0n) is 16.2. The van der Waals surface area contributed by atoms with Crippen LogP contribution in [-0.4, -0.2) is 80.4 Å². The fraction of sp³-hybridized carbons (Fsp3) is 0.778. The quantitative estimate of drug-likeness (QED) is 0.396. The molecule has 1 aromatic heterocycles. The van der Waals surface area contributed by atoms with E-state index in [9.17, 15) is 0 Å². The smallest absolute Gasteiger partial charge is 0.193 e. The van der Waals surface area contributed by atoms with E-state index in [2.05, 4.69) is 25.3 Å². The van der Waals surface area contributed by atoms with Gasteiger partial charge in [-0.1, -0.05) is 5.16 Å². The third kappa shape index (κ3) is 5.56. The number of ether oxygens (including phenoxy) is 1. The maximum absolute atomic E-state index is 5.49. The summed E-state index contributed by atoms with van der Waals surface area (Å²) in [7, 11) is 1.86. The van der Waals surface area contributed by atoms with Crippen molar-refractivity contribution >= 4 is 29.9 Å². The number of guanidine groups is 1. The van der Waals surface area contributed by atoms with Crippen LogP contribution in [-0.2, 0) is 11.2 Å². The van der Waals surface area contributed by atoms with E-state index in [1.54, 1.807) is 0 Å². The molecule has 2 saturated heterocycles. The van der Waals surface area contributed by atoms with Crippen LogP contribution in [0.4, 0.5) is 0 Å². The summed E-state index contributed by atoms with van der Waals surface area (Å²) in [5, 5.41) is 7.50. The molecule has 0 aromatic carbocycles. The first-order valence-corrected chi connectivity index (χ1v) is 9.35. The van der Waals surface area contributed by atoms with Gasteiger partial charge in [0.1, 0.15) is 5.76 Å². The standard InChI is InChI=1S/C18H31N5O2.HI/c1-14-17(15(2)25-21-14)4-6-20-18(19-3)23-9-7-22(8-10-23)12-16-5-11-24-13-16;/h16H,4-13H2,1-3H3,(H,19,20);1H. The maximum atomic E-state index is 5.49. The number of aromatic nitrogens is 1. The minimum absolute atomic E-state index is 0. The molecule has 0 amide bonds. The van der Waals surface area contributed by atoms with E-state index in [0.717, 1.165) is 75.7 Å². The molecule has 2 aliphatic heterocycles. The largest absolute Gasteiger partial charge is 0.381 e. The molecule has 1 unspecified atom stereocenters. The van der Waals surface area contributed by atoms with E-state index < -0.39 is 0 Å². The van der Waals surface area contributed by atoms with Crippen LogP contribution in [0.25, 0.3) is 0 Å². The van der Waals surface area contributed by atoms with Crippen LogP contribution in [0.15, 0.2) is 9.52 Å². The second-order valence-electron chi connectivity index (χ2n) is 7.04. The molecule has 1 N–H and O–H groups in total. The molecule has 8 heteroatoms. The van der Waals surface area contributed by atoms with Gasteiger partial charge in [0, 0.05) is 58.5 Å². The van der Waals surface area contributed by atoms with Gasteiger partial charge in [0.2, 0.25) is 0 Å². The summed E-state index contributed by atoms with van der Waals surface area (Å²) < 4.78 is 10.7. The van der Waals surface area contributed by atoms with Gasteiger partial charge >= 0.3 is 0 Å². The molecule has 148 valence electrons. The number of nitrogens with one attached hydrogen (secondary N) is 1. The molecule has 3 heterocycles. The van der Waals surface area contributed by atoms with Gasteiger partial charge in [0.15, 0.2) is 5.96 Å². The van der Waals surface area contributed by atoms with Gasteiger partial charge in [-0.15, -0.1) is 24.0 Å². The van der Waals surface area contributed by atoms with Gasteiger partial charge in [-0.3, -0.25) is 9.89 Å². The molecule has 1 atom stereocenters. The van der Waals surface area contributed by atoms with E-state index in [1.165, 1.54) is 18.5 Å². The van der Waals surface area contributed by atoms with Crippen molar-refractivity contribution in [2.24, 2.45) is 10.9 Å². The number of aryl methyl sites for hydroxylation is 2. The molecule has 0 aliphatic carbocycles. The highest BCUT2D eigenvalue weighted by Crippen LogP contribution is 2.15. The fourth-order valence-corrected chi connectivity index (χ4v) is 3.73. The number of halogens is 1. The average molecular weight is 477 g/mol. The van der Waals surface area contributed by atoms with E-state index in [-0.39, 0.29) is 24.0 Å². The second-order valence-corrected chi connectivity index (χ2v) is 7.04. The molecule has 0 spiro atoms. The highest BCUT2D eigenvalue weighted by Gasteiger charge is 2.24. The Kier molecular flexibility index (Phi) is 8.62. The molecule has 1 aromatic rings. The Morgan fingerprint density at radius 3 is 2.62 bits per heavy atom. The number of piperazine rings is 1. The normalized spacial score (nSPS) is 21.7. The van der Waals surface area contributed by atoms with Crippen molar-refractivity contribution in [3.8, 4) is 0 Å². The van der Waals surface area contributed by atoms with Crippen LogP contribution in [0.1, 0.15) is 23.4 Å². The van der Waals surface area contributed by atoms with Crippen LogP contribution in [0.2, 0.25) is 0 Å². The van der Waals surface area contributed by atoms with Crippen molar-refractivity contribution in [3.63, 3.8) is 0 Å². The zero-order valence-corrected chi connectivity index (χ0v) is 18.5. The molecule has 7 nitrogen and oxygen atoms in total. The van der Waals surface area contributed by atoms with Gasteiger partial charge < -0.3 is 19.5 Å². The lowest BCUT2D eigenvalue weighted by Gasteiger charge is -2.37. The van der Waals surface area contributed by atoms with Crippen LogP contribution >= 0.6 is 24.0 Å². The summed E-state index contributed by atoms with van der Waals surface area (Å²) in [6.45, 7) is 12.1. The third-order valence-electron chi connectivity index (χ3n) is 5.26. The Balaban J connectivity index is 0.00000243. The van der Waals surface area contributed by atoms with Crippen molar-refractivity contribution in [2.75, 3.05) is 59.5 Å². The maximum Gasteiger partial charge on any atom is 0.193 e. The summed E-state index contributed by atoms with van der Waals surface area (Å²) in [6, 6.07) is 0. The van der Waals surface area contributed by atoms with Crippen molar-refractivity contribution in [2.45, 2.75) is 26.7 Å². The zero-order chi connectivity index (χ0) is 17.6. The summed E-state index contributed by atoms with van der Waals surface area (Å²) >= 11 is 0. The predicted molar refractivity (Wildman–Crippen MR) is 113 cm³/mol. The van der Waals surface area contributed by atoms with Gasteiger partial charge in [-0.2, -0.15) is 0 Å². The minimum atomic E-state index is 0. The third-order valence-corrected chi connectivity index (χ3v) is 5.26. The Morgan fingerprint density at radius 1 is 1.27 bits per heavy atom. The van der Waals surface area contributed by atoms with Crippen molar-refractivity contribution < 1.29 is 9.26 Å². The van der Waals surface area contributed by atoms with Crippen molar-refractivity contribution in [1.82, 2.24) is 20.3 Å². The summed E-state index contributed by atoms with van der Waals surface area (Å²) in [6.07, 6.45) is 2.12. The van der Waals surface area contributed by atoms with E-state index in [4.69, 9.17) is 9.26 Å². The fourth-order valence-electron chi connectivity index (χ4n) is 3.73. The number of hydrogen-bond donors (Lipinski definition) is 1. The Hall–Kier alpha value is -0.870. The topological polar surface area (TPSA) is 66.1 Å². The molecule has 2 aliphatic rings. The molecular weight excluding hydrogens is 445 g/mol. The van der Waals surface area contributed by atoms with E-state index >= 15 is 0 Å². The molecular formula is C18H32IN5O2. The van der Waals surface area contributed by atoms with Crippen molar-refractivity contribution in [1.29, 1.82) is 0 Å². The van der Waals surface area contributed by atoms with Gasteiger partial charge in [-0.05, 0) is 32.6 Å². The lowest BCUT2D eigenvalue weighted by molar-refractivity contribution is 0.139. The number of rotatable bonds is 5. The number of aliphatic imine (C=N–C) groups is 1. The molecule has 3 rings (SSSR count). The van der Waals surface area contributed by atoms with Gasteiger partial charge in [0.05, 0.1) is 12.3 Å². The molecule has 0 radical (unpaired) electrons. The molecule has 26 heavy (non-hydrogen) atoms. The van der Waals surface area contributed by atoms with E-state index in [0.29, 0.717) is 0 Å². The highest BCUT2D eigenvalue weighted by molar-refractivity contribution is 14.0. The Labute approximate surface area is 173 Å².